The molecule has 10 aromatic rings. The van der Waals surface area contributed by atoms with Gasteiger partial charge >= 0.3 is 0 Å². The molecule has 0 spiro atoms. The summed E-state index contributed by atoms with van der Waals surface area (Å²) in [6.45, 7) is 0. The molecule has 234 valence electrons. The summed E-state index contributed by atoms with van der Waals surface area (Å²) in [4.78, 5) is 15.1. The third-order valence-electron chi connectivity index (χ3n) is 9.02. The third-order valence-corrected chi connectivity index (χ3v) is 10.2. The van der Waals surface area contributed by atoms with Gasteiger partial charge in [-0.05, 0) is 41.4 Å². The lowest BCUT2D eigenvalue weighted by molar-refractivity contribution is 1.06. The molecule has 3 aromatic heterocycles. The van der Waals surface area contributed by atoms with Crippen molar-refractivity contribution in [3.8, 4) is 51.0 Å². The van der Waals surface area contributed by atoms with Crippen LogP contribution in [0.5, 0.6) is 0 Å². The fourth-order valence-corrected chi connectivity index (χ4v) is 7.97. The van der Waals surface area contributed by atoms with Crippen LogP contribution in [0.1, 0.15) is 8.22 Å². The Bertz CT molecular complexity index is 3090. The van der Waals surface area contributed by atoms with Crippen molar-refractivity contribution in [1.82, 2.24) is 19.5 Å². The van der Waals surface area contributed by atoms with E-state index in [0.717, 1.165) is 32.3 Å². The first-order valence-electron chi connectivity index (χ1n) is 19.2. The first-order valence-corrected chi connectivity index (χ1v) is 17.0. The van der Waals surface area contributed by atoms with Crippen LogP contribution in [-0.2, 0) is 0 Å². The van der Waals surface area contributed by atoms with E-state index in [1.807, 2.05) is 91.0 Å². The number of benzene rings is 7. The normalized spacial score (nSPS) is 13.3. The average molecular weight is 663 g/mol. The molecule has 4 nitrogen and oxygen atoms in total. The number of hydrogen-bond donors (Lipinski definition) is 0. The van der Waals surface area contributed by atoms with E-state index in [9.17, 15) is 2.74 Å². The van der Waals surface area contributed by atoms with Gasteiger partial charge in [-0.1, -0.05) is 139 Å². The lowest BCUT2D eigenvalue weighted by Gasteiger charge is -2.16. The summed E-state index contributed by atoms with van der Waals surface area (Å²) < 4.78 is 57.4. The number of rotatable bonds is 5. The largest absolute Gasteiger partial charge is 0.309 e. The number of para-hydroxylation sites is 2. The first kappa shape index (κ1) is 23.0. The Kier molecular flexibility index (Phi) is 5.35. The molecule has 50 heavy (non-hydrogen) atoms. The minimum absolute atomic E-state index is 0.0433. The van der Waals surface area contributed by atoms with Crippen molar-refractivity contribution in [3.63, 3.8) is 0 Å². The predicted octanol–water partition coefficient (Wildman–Crippen LogP) is 12.0. The quantitative estimate of drug-likeness (QED) is 0.184. The molecule has 0 aliphatic carbocycles. The second kappa shape index (κ2) is 11.6. The van der Waals surface area contributed by atoms with Crippen LogP contribution in [-0.4, -0.2) is 19.5 Å². The van der Waals surface area contributed by atoms with E-state index in [2.05, 4.69) is 30.3 Å². The summed E-state index contributed by atoms with van der Waals surface area (Å²) in [6.07, 6.45) is 0. The van der Waals surface area contributed by atoms with Crippen LogP contribution in [0, 0.1) is 0 Å². The van der Waals surface area contributed by atoms with Gasteiger partial charge in [-0.15, -0.1) is 11.3 Å². The summed E-state index contributed by atoms with van der Waals surface area (Å²) in [5.41, 5.74) is 5.10. The second-order valence-electron chi connectivity index (χ2n) is 11.9. The topological polar surface area (TPSA) is 43.6 Å². The molecule has 0 fully saturated rings. The Morgan fingerprint density at radius 3 is 1.74 bits per heavy atom. The van der Waals surface area contributed by atoms with Crippen molar-refractivity contribution in [2.75, 3.05) is 0 Å². The number of nitrogens with zero attached hydrogens (tertiary/aromatic N) is 4. The Hall–Kier alpha value is -6.43. The monoisotopic (exact) mass is 662 g/mol. The summed E-state index contributed by atoms with van der Waals surface area (Å²) in [5.74, 6) is 1.26. The van der Waals surface area contributed by atoms with E-state index in [-0.39, 0.29) is 58.1 Å². The van der Waals surface area contributed by atoms with E-state index in [1.54, 1.807) is 15.9 Å². The fraction of sp³-hybridized carbons (Fsp3) is 0. The van der Waals surface area contributed by atoms with Crippen molar-refractivity contribution in [1.29, 1.82) is 0 Å². The summed E-state index contributed by atoms with van der Waals surface area (Å²) in [5, 5.41) is 2.69. The third kappa shape index (κ3) is 4.63. The predicted molar refractivity (Wildman–Crippen MR) is 209 cm³/mol. The molecule has 0 bridgehead atoms. The van der Waals surface area contributed by atoms with E-state index in [4.69, 9.17) is 20.4 Å². The summed E-state index contributed by atoms with van der Waals surface area (Å²) >= 11 is 1.73. The van der Waals surface area contributed by atoms with Gasteiger partial charge < -0.3 is 4.57 Å². The van der Waals surface area contributed by atoms with Crippen LogP contribution in [0.25, 0.3) is 93.0 Å². The maximum Gasteiger partial charge on any atom is 0.166 e. The van der Waals surface area contributed by atoms with Crippen molar-refractivity contribution in [2.45, 2.75) is 0 Å². The molecule has 0 amide bonds. The van der Waals surface area contributed by atoms with Crippen LogP contribution in [0.2, 0.25) is 0 Å². The molecule has 3 heterocycles. The number of hydrogen-bond acceptors (Lipinski definition) is 4. The SMILES string of the molecule is [2H]c1cc([2H])c2c(c1[2H])c1c([2H])c([2H])cc([2H])c1n2-c1ccc(-c2cccc3c2sc2ccccc23)cc1-c1nc(-c2ccccc2)nc(-c2ccccc2)n1. The molecule has 0 unspecified atom stereocenters. The molecule has 10 rings (SSSR count). The zero-order valence-electron chi connectivity index (χ0n) is 32.4. The molecular weight excluding hydrogens is 629 g/mol. The zero-order valence-corrected chi connectivity index (χ0v) is 27.2. The van der Waals surface area contributed by atoms with Gasteiger partial charge in [0.2, 0.25) is 0 Å². The number of thiophene rings is 1. The van der Waals surface area contributed by atoms with Gasteiger partial charge in [0.25, 0.3) is 0 Å². The maximum atomic E-state index is 9.17. The van der Waals surface area contributed by atoms with Gasteiger partial charge in [0.05, 0.1) is 24.9 Å². The van der Waals surface area contributed by atoms with Gasteiger partial charge in [-0.3, -0.25) is 0 Å². The smallest absolute Gasteiger partial charge is 0.166 e. The summed E-state index contributed by atoms with van der Waals surface area (Å²) in [7, 11) is 0. The van der Waals surface area contributed by atoms with Crippen LogP contribution >= 0.6 is 11.3 Å². The molecule has 7 aromatic carbocycles. The Morgan fingerprint density at radius 1 is 0.460 bits per heavy atom. The highest BCUT2D eigenvalue weighted by atomic mass is 32.1. The maximum absolute atomic E-state index is 9.17. The van der Waals surface area contributed by atoms with Gasteiger partial charge in [-0.2, -0.15) is 0 Å². The highest BCUT2D eigenvalue weighted by Crippen LogP contribution is 2.42. The molecule has 0 aliphatic rings. The van der Waals surface area contributed by atoms with E-state index in [0.29, 0.717) is 28.7 Å². The Morgan fingerprint density at radius 2 is 1.06 bits per heavy atom. The molecule has 0 N–H and O–H groups in total. The first-order chi connectivity index (χ1) is 27.3. The molecule has 0 saturated heterocycles. The Balaban J connectivity index is 1.35. The van der Waals surface area contributed by atoms with Crippen molar-refractivity contribution < 1.29 is 8.22 Å². The van der Waals surface area contributed by atoms with Crippen LogP contribution in [0.3, 0.4) is 0 Å². The van der Waals surface area contributed by atoms with Crippen LogP contribution in [0.15, 0.2) is 170 Å². The lowest BCUT2D eigenvalue weighted by atomic mass is 9.99. The highest BCUT2D eigenvalue weighted by molar-refractivity contribution is 7.26. The van der Waals surface area contributed by atoms with Crippen molar-refractivity contribution >= 4 is 53.3 Å². The fourth-order valence-electron chi connectivity index (χ4n) is 6.74. The molecular formula is C45H28N4S. The molecule has 0 saturated carbocycles. The van der Waals surface area contributed by atoms with Gasteiger partial charge in [0, 0.05) is 47.6 Å². The minimum Gasteiger partial charge on any atom is -0.309 e. The van der Waals surface area contributed by atoms with Gasteiger partial charge in [-0.25, -0.2) is 15.0 Å². The highest BCUT2D eigenvalue weighted by Gasteiger charge is 2.21. The Labute approximate surface area is 301 Å². The average Bonchev–Trinajstić information content (AvgIpc) is 3.80. The van der Waals surface area contributed by atoms with E-state index >= 15 is 0 Å². The molecule has 0 atom stereocenters. The summed E-state index contributed by atoms with van der Waals surface area (Å²) in [6, 6.07) is 41.8. The number of aromatic nitrogens is 4. The zero-order chi connectivity index (χ0) is 38.2. The van der Waals surface area contributed by atoms with Crippen molar-refractivity contribution in [3.05, 3.63) is 170 Å². The van der Waals surface area contributed by atoms with Crippen LogP contribution in [0.4, 0.5) is 0 Å². The van der Waals surface area contributed by atoms with Crippen molar-refractivity contribution in [2.24, 2.45) is 0 Å². The molecule has 0 radical (unpaired) electrons. The van der Waals surface area contributed by atoms with Gasteiger partial charge in [0.15, 0.2) is 17.5 Å². The molecule has 5 heteroatoms. The van der Waals surface area contributed by atoms with Crippen LogP contribution < -0.4 is 0 Å². The van der Waals surface area contributed by atoms with E-state index in [1.165, 1.54) is 22.2 Å². The minimum atomic E-state index is -0.175. The molecule has 0 aliphatic heterocycles. The van der Waals surface area contributed by atoms with Gasteiger partial charge in [0.1, 0.15) is 0 Å². The van der Waals surface area contributed by atoms with E-state index < -0.39 is 0 Å². The lowest BCUT2D eigenvalue weighted by Crippen LogP contribution is -2.04. The second-order valence-corrected chi connectivity index (χ2v) is 13.0. The number of fused-ring (bicyclic) bond motifs is 6. The standard InChI is InChI=1S/C45H28N4S/c1-3-14-29(15-4-1)43-46-44(30-16-5-2-6-17-30)48-45(47-43)37-28-31(32-21-13-22-36-35-20-9-12-25-41(35)50-42(32)36)26-27-40(37)49-38-23-10-7-18-33(38)34-19-8-11-24-39(34)49/h1-28H/i7D,8D,18D,19D,23D,24D.